The Labute approximate surface area is 110 Å². The minimum absolute atomic E-state index is 0.392. The molecule has 1 rings (SSSR count). The molecule has 0 aliphatic heterocycles. The molecule has 0 radical (unpaired) electrons. The highest BCUT2D eigenvalue weighted by Crippen LogP contribution is 2.18. The largest absolute Gasteiger partial charge is 0.480 e. The predicted octanol–water partition coefficient (Wildman–Crippen LogP) is -1.08. The van der Waals surface area contributed by atoms with E-state index in [2.05, 4.69) is 10.6 Å². The number of hydrogen-bond donors (Lipinski definition) is 5. The Kier molecular flexibility index (Phi) is 5.56. The summed E-state index contributed by atoms with van der Waals surface area (Å²) in [5.41, 5.74) is 4.90. The molecule has 3 atom stereocenters. The van der Waals surface area contributed by atoms with Gasteiger partial charge in [-0.25, -0.2) is 9.59 Å². The number of hydrogen-bond acceptors (Lipinski definition) is 4. The van der Waals surface area contributed by atoms with Crippen molar-refractivity contribution < 1.29 is 24.6 Å². The van der Waals surface area contributed by atoms with E-state index in [0.29, 0.717) is 12.8 Å². The molecule has 0 heterocycles. The molecular weight excluding hydrogens is 254 g/mol. The summed E-state index contributed by atoms with van der Waals surface area (Å²) in [6, 6.07) is -2.48. The molecule has 3 amide bonds. The van der Waals surface area contributed by atoms with Crippen LogP contribution in [0.1, 0.15) is 32.1 Å². The van der Waals surface area contributed by atoms with E-state index in [1.165, 1.54) is 0 Å². The second-order valence-corrected chi connectivity index (χ2v) is 4.64. The minimum atomic E-state index is -1.36. The van der Waals surface area contributed by atoms with E-state index < -0.39 is 42.5 Å². The maximum atomic E-state index is 11.6. The first kappa shape index (κ1) is 15.2. The van der Waals surface area contributed by atoms with E-state index >= 15 is 0 Å². The highest BCUT2D eigenvalue weighted by molar-refractivity contribution is 5.87. The van der Waals surface area contributed by atoms with Crippen molar-refractivity contribution in [3.8, 4) is 0 Å². The molecule has 0 aromatic carbocycles. The average molecular weight is 273 g/mol. The first-order valence-electron chi connectivity index (χ1n) is 6.16. The first-order valence-corrected chi connectivity index (χ1v) is 6.16. The Balaban J connectivity index is 2.47. The van der Waals surface area contributed by atoms with Gasteiger partial charge in [0.15, 0.2) is 0 Å². The molecule has 1 aliphatic rings. The number of urea groups is 1. The van der Waals surface area contributed by atoms with Gasteiger partial charge in [-0.3, -0.25) is 4.79 Å². The zero-order valence-electron chi connectivity index (χ0n) is 10.5. The zero-order valence-corrected chi connectivity index (χ0v) is 10.5. The number of carbonyl (C=O) groups is 3. The lowest BCUT2D eigenvalue weighted by Crippen LogP contribution is -2.53. The van der Waals surface area contributed by atoms with Gasteiger partial charge in [-0.2, -0.15) is 0 Å². The van der Waals surface area contributed by atoms with Crippen LogP contribution in [0.25, 0.3) is 0 Å². The number of nitrogens with one attached hydrogen (secondary N) is 2. The number of carboxylic acid groups (broad SMARTS) is 1. The molecular formula is C11H19N3O5. The Morgan fingerprint density at radius 3 is 2.42 bits per heavy atom. The second-order valence-electron chi connectivity index (χ2n) is 4.64. The molecule has 0 aromatic heterocycles. The lowest BCUT2D eigenvalue weighted by Gasteiger charge is -2.28. The van der Waals surface area contributed by atoms with E-state index in [1.807, 2.05) is 0 Å². The van der Waals surface area contributed by atoms with Crippen molar-refractivity contribution in [1.82, 2.24) is 10.6 Å². The van der Waals surface area contributed by atoms with Crippen molar-refractivity contribution in [3.05, 3.63) is 0 Å². The highest BCUT2D eigenvalue weighted by atomic mass is 16.4. The monoisotopic (exact) mass is 273 g/mol. The van der Waals surface area contributed by atoms with Crippen LogP contribution in [-0.4, -0.2) is 46.3 Å². The number of amides is 3. The second kappa shape index (κ2) is 6.93. The van der Waals surface area contributed by atoms with Crippen LogP contribution in [-0.2, 0) is 9.59 Å². The molecule has 8 heteroatoms. The third-order valence-electron chi connectivity index (χ3n) is 3.05. The number of aliphatic carboxylic acids is 1. The summed E-state index contributed by atoms with van der Waals surface area (Å²) in [7, 11) is 0. The normalized spacial score (nSPS) is 24.3. The number of carbonyl (C=O) groups excluding carboxylic acids is 2. The minimum Gasteiger partial charge on any atom is -0.480 e. The predicted molar refractivity (Wildman–Crippen MR) is 65.2 cm³/mol. The Morgan fingerprint density at radius 1 is 1.26 bits per heavy atom. The maximum Gasteiger partial charge on any atom is 0.326 e. The summed E-state index contributed by atoms with van der Waals surface area (Å²) in [5, 5.41) is 23.2. The molecule has 1 aliphatic carbocycles. The Morgan fingerprint density at radius 2 is 1.89 bits per heavy atom. The molecule has 0 spiro atoms. The van der Waals surface area contributed by atoms with Gasteiger partial charge in [-0.15, -0.1) is 0 Å². The number of carboxylic acids is 1. The van der Waals surface area contributed by atoms with Gasteiger partial charge in [0.25, 0.3) is 0 Å². The van der Waals surface area contributed by atoms with Crippen LogP contribution in [0.5, 0.6) is 0 Å². The maximum absolute atomic E-state index is 11.6. The third kappa shape index (κ3) is 5.12. The van der Waals surface area contributed by atoms with Crippen LogP contribution in [0.3, 0.4) is 0 Å². The summed E-state index contributed by atoms with van der Waals surface area (Å²) < 4.78 is 0. The van der Waals surface area contributed by atoms with Gasteiger partial charge in [0.05, 0.1) is 18.6 Å². The van der Waals surface area contributed by atoms with Crippen LogP contribution in [0.15, 0.2) is 0 Å². The molecule has 0 aromatic rings. The zero-order chi connectivity index (χ0) is 14.4. The van der Waals surface area contributed by atoms with Gasteiger partial charge >= 0.3 is 12.0 Å². The molecule has 2 unspecified atom stereocenters. The van der Waals surface area contributed by atoms with Gasteiger partial charge in [0.2, 0.25) is 5.91 Å². The van der Waals surface area contributed by atoms with E-state index in [-0.39, 0.29) is 0 Å². The van der Waals surface area contributed by atoms with Crippen LogP contribution < -0.4 is 16.4 Å². The fraction of sp³-hybridized carbons (Fsp3) is 0.727. The van der Waals surface area contributed by atoms with E-state index in [1.54, 1.807) is 0 Å². The summed E-state index contributed by atoms with van der Waals surface area (Å²) >= 11 is 0. The van der Waals surface area contributed by atoms with Gasteiger partial charge in [0, 0.05) is 0 Å². The van der Waals surface area contributed by atoms with Crippen molar-refractivity contribution in [2.75, 3.05) is 0 Å². The van der Waals surface area contributed by atoms with Gasteiger partial charge < -0.3 is 26.6 Å². The lowest BCUT2D eigenvalue weighted by atomic mass is 9.93. The van der Waals surface area contributed by atoms with E-state index in [9.17, 15) is 19.5 Å². The van der Waals surface area contributed by atoms with Crippen molar-refractivity contribution >= 4 is 17.9 Å². The molecule has 6 N–H and O–H groups in total. The Bertz CT molecular complexity index is 360. The topological polar surface area (TPSA) is 142 Å². The molecule has 0 bridgehead atoms. The van der Waals surface area contributed by atoms with E-state index in [4.69, 9.17) is 10.8 Å². The fourth-order valence-electron chi connectivity index (χ4n) is 2.05. The third-order valence-corrected chi connectivity index (χ3v) is 3.05. The summed E-state index contributed by atoms with van der Waals surface area (Å²) in [6.45, 7) is 0. The van der Waals surface area contributed by atoms with Crippen LogP contribution in [0.4, 0.5) is 4.79 Å². The van der Waals surface area contributed by atoms with Crippen LogP contribution >= 0.6 is 0 Å². The first-order chi connectivity index (χ1) is 8.90. The quantitative estimate of drug-likeness (QED) is 0.433. The standard InChI is InChI=1S/C11H19N3O5/c12-9(16)5-7(10(17)18)14-11(19)13-6-3-1-2-4-8(6)15/h6-8,15H,1-5H2,(H2,12,16)(H,17,18)(H2,13,14,19)/t6?,7-,8?/m0/s1. The lowest BCUT2D eigenvalue weighted by molar-refractivity contribution is -0.140. The number of rotatable bonds is 5. The summed E-state index contributed by atoms with van der Waals surface area (Å²) in [4.78, 5) is 33.1. The average Bonchev–Trinajstić information content (AvgIpc) is 2.30. The van der Waals surface area contributed by atoms with Crippen molar-refractivity contribution in [2.24, 2.45) is 5.73 Å². The van der Waals surface area contributed by atoms with E-state index in [0.717, 1.165) is 12.8 Å². The number of aliphatic hydroxyl groups excluding tert-OH is 1. The van der Waals surface area contributed by atoms with Gasteiger partial charge in [-0.05, 0) is 12.8 Å². The summed E-state index contributed by atoms with van der Waals surface area (Å²) in [6.07, 6.45) is 1.94. The van der Waals surface area contributed by atoms with Gasteiger partial charge in [0.1, 0.15) is 6.04 Å². The molecule has 1 fully saturated rings. The molecule has 8 nitrogen and oxygen atoms in total. The van der Waals surface area contributed by atoms with Crippen molar-refractivity contribution in [3.63, 3.8) is 0 Å². The fourth-order valence-corrected chi connectivity index (χ4v) is 2.05. The van der Waals surface area contributed by atoms with Crippen LogP contribution in [0.2, 0.25) is 0 Å². The summed E-state index contributed by atoms with van der Waals surface area (Å²) in [5.74, 6) is -2.15. The van der Waals surface area contributed by atoms with Gasteiger partial charge in [-0.1, -0.05) is 12.8 Å². The molecule has 108 valence electrons. The molecule has 19 heavy (non-hydrogen) atoms. The van der Waals surface area contributed by atoms with Crippen LogP contribution in [0, 0.1) is 0 Å². The smallest absolute Gasteiger partial charge is 0.326 e. The van der Waals surface area contributed by atoms with Crippen molar-refractivity contribution in [1.29, 1.82) is 0 Å². The van der Waals surface area contributed by atoms with Crippen molar-refractivity contribution in [2.45, 2.75) is 50.3 Å². The molecule has 0 saturated heterocycles. The SMILES string of the molecule is NC(=O)C[C@H](NC(=O)NC1CCCCC1O)C(=O)O. The Hall–Kier alpha value is -1.83. The number of nitrogens with two attached hydrogens (primary N) is 1. The molecule has 1 saturated carbocycles. The number of primary amides is 1. The number of aliphatic hydroxyl groups is 1. The highest BCUT2D eigenvalue weighted by Gasteiger charge is 2.27.